The largest absolute Gasteiger partial charge is 0.491 e. The Labute approximate surface area is 118 Å². The highest BCUT2D eigenvalue weighted by molar-refractivity contribution is 7.99. The van der Waals surface area contributed by atoms with E-state index in [0.717, 1.165) is 0 Å². The van der Waals surface area contributed by atoms with Gasteiger partial charge >= 0.3 is 0 Å². The fourth-order valence-corrected chi connectivity index (χ4v) is 2.76. The fraction of sp³-hybridized carbons (Fsp3) is 0.500. The lowest BCUT2D eigenvalue weighted by Gasteiger charge is -2.11. The van der Waals surface area contributed by atoms with Crippen LogP contribution in [0.2, 0.25) is 0 Å². The minimum Gasteiger partial charge on any atom is -0.491 e. The van der Waals surface area contributed by atoms with Gasteiger partial charge < -0.3 is 9.84 Å². The number of nitrogens with one attached hydrogen (secondary N) is 1. The van der Waals surface area contributed by atoms with Crippen LogP contribution >= 0.6 is 11.8 Å². The first-order valence-electron chi connectivity index (χ1n) is 5.86. The molecular formula is C12H19NO4S2. The van der Waals surface area contributed by atoms with Crippen LogP contribution in [0.15, 0.2) is 29.2 Å². The lowest BCUT2D eigenvalue weighted by molar-refractivity contribution is 0.201. The second-order valence-electron chi connectivity index (χ2n) is 3.94. The Kier molecular flexibility index (Phi) is 6.64. The standard InChI is InChI=1S/C12H19NO4S2/c1-10(18-2)9-13-19(15,16)12-5-3-11(4-6-12)17-8-7-14/h3-6,10,13-14H,7-9H2,1-2H3. The molecule has 0 heterocycles. The van der Waals surface area contributed by atoms with Gasteiger partial charge in [0.05, 0.1) is 11.5 Å². The van der Waals surface area contributed by atoms with Gasteiger partial charge in [-0.3, -0.25) is 0 Å². The van der Waals surface area contributed by atoms with Gasteiger partial charge in [-0.15, -0.1) is 0 Å². The van der Waals surface area contributed by atoms with E-state index < -0.39 is 10.0 Å². The number of sulfonamides is 1. The van der Waals surface area contributed by atoms with Crippen LogP contribution in [0.4, 0.5) is 0 Å². The van der Waals surface area contributed by atoms with Gasteiger partial charge in [0.15, 0.2) is 0 Å². The first kappa shape index (κ1) is 16.3. The highest BCUT2D eigenvalue weighted by Gasteiger charge is 2.14. The third-order valence-corrected chi connectivity index (χ3v) is 4.87. The molecule has 0 amide bonds. The maximum absolute atomic E-state index is 12.0. The summed E-state index contributed by atoms with van der Waals surface area (Å²) in [6.45, 7) is 2.47. The van der Waals surface area contributed by atoms with Gasteiger partial charge in [-0.25, -0.2) is 13.1 Å². The van der Waals surface area contributed by atoms with Crippen molar-refractivity contribution in [1.29, 1.82) is 0 Å². The van der Waals surface area contributed by atoms with Gasteiger partial charge in [0.2, 0.25) is 10.0 Å². The Morgan fingerprint density at radius 2 is 2.00 bits per heavy atom. The molecule has 1 aromatic carbocycles. The molecule has 7 heteroatoms. The van der Waals surface area contributed by atoms with E-state index in [0.29, 0.717) is 12.3 Å². The molecule has 0 aliphatic heterocycles. The van der Waals surface area contributed by atoms with E-state index in [1.807, 2.05) is 13.2 Å². The highest BCUT2D eigenvalue weighted by atomic mass is 32.2. The van der Waals surface area contributed by atoms with Crippen molar-refractivity contribution in [3.05, 3.63) is 24.3 Å². The van der Waals surface area contributed by atoms with Crippen molar-refractivity contribution in [3.63, 3.8) is 0 Å². The predicted molar refractivity (Wildman–Crippen MR) is 77.2 cm³/mol. The molecule has 5 nitrogen and oxygen atoms in total. The normalized spacial score (nSPS) is 13.2. The zero-order valence-corrected chi connectivity index (χ0v) is 12.6. The predicted octanol–water partition coefficient (Wildman–Crippen LogP) is 1.09. The van der Waals surface area contributed by atoms with E-state index in [2.05, 4.69) is 4.72 Å². The zero-order chi connectivity index (χ0) is 14.3. The average Bonchev–Trinajstić information content (AvgIpc) is 2.43. The molecule has 1 aromatic rings. The number of hydrogen-bond donors (Lipinski definition) is 2. The van der Waals surface area contributed by atoms with Gasteiger partial charge in [0.1, 0.15) is 12.4 Å². The van der Waals surface area contributed by atoms with Crippen molar-refractivity contribution in [1.82, 2.24) is 4.72 Å². The molecule has 0 saturated heterocycles. The van der Waals surface area contributed by atoms with E-state index in [9.17, 15) is 8.42 Å². The van der Waals surface area contributed by atoms with Gasteiger partial charge in [-0.1, -0.05) is 6.92 Å². The zero-order valence-electron chi connectivity index (χ0n) is 11.0. The number of aliphatic hydroxyl groups excluding tert-OH is 1. The second kappa shape index (κ2) is 7.74. The quantitative estimate of drug-likeness (QED) is 0.752. The maximum atomic E-state index is 12.0. The van der Waals surface area contributed by atoms with E-state index in [1.54, 1.807) is 23.9 Å². The first-order chi connectivity index (χ1) is 8.99. The highest BCUT2D eigenvalue weighted by Crippen LogP contribution is 2.16. The molecule has 0 aliphatic carbocycles. The summed E-state index contributed by atoms with van der Waals surface area (Å²) in [6, 6.07) is 6.11. The fourth-order valence-electron chi connectivity index (χ4n) is 1.27. The summed E-state index contributed by atoms with van der Waals surface area (Å²) in [5, 5.41) is 8.85. The molecule has 19 heavy (non-hydrogen) atoms. The van der Waals surface area contributed by atoms with Crippen LogP contribution in [-0.4, -0.2) is 44.8 Å². The Morgan fingerprint density at radius 1 is 1.37 bits per heavy atom. The summed E-state index contributed by atoms with van der Waals surface area (Å²) in [5.74, 6) is 0.533. The van der Waals surface area contributed by atoms with E-state index in [4.69, 9.17) is 9.84 Å². The van der Waals surface area contributed by atoms with Crippen molar-refractivity contribution < 1.29 is 18.3 Å². The topological polar surface area (TPSA) is 75.6 Å². The van der Waals surface area contributed by atoms with Crippen LogP contribution < -0.4 is 9.46 Å². The van der Waals surface area contributed by atoms with Crippen LogP contribution in [0.1, 0.15) is 6.92 Å². The van der Waals surface area contributed by atoms with Crippen LogP contribution in [0.3, 0.4) is 0 Å². The lowest BCUT2D eigenvalue weighted by Crippen LogP contribution is -2.29. The summed E-state index contributed by atoms with van der Waals surface area (Å²) in [7, 11) is -3.47. The van der Waals surface area contributed by atoms with Crippen molar-refractivity contribution >= 4 is 21.8 Å². The third kappa shape index (κ3) is 5.40. The Morgan fingerprint density at radius 3 is 2.53 bits per heavy atom. The van der Waals surface area contributed by atoms with Crippen LogP contribution in [0.25, 0.3) is 0 Å². The lowest BCUT2D eigenvalue weighted by atomic mass is 10.3. The minimum absolute atomic E-state index is 0.0752. The number of hydrogen-bond acceptors (Lipinski definition) is 5. The molecule has 1 unspecified atom stereocenters. The van der Waals surface area contributed by atoms with Crippen LogP contribution in [0.5, 0.6) is 5.75 Å². The molecule has 0 saturated carbocycles. The van der Waals surface area contributed by atoms with E-state index in [-0.39, 0.29) is 23.4 Å². The smallest absolute Gasteiger partial charge is 0.240 e. The molecule has 0 aliphatic rings. The summed E-state index contributed by atoms with van der Waals surface area (Å²) < 4.78 is 31.7. The monoisotopic (exact) mass is 305 g/mol. The van der Waals surface area contributed by atoms with E-state index >= 15 is 0 Å². The van der Waals surface area contributed by atoms with Gasteiger partial charge in [-0.05, 0) is 30.5 Å². The van der Waals surface area contributed by atoms with Crippen molar-refractivity contribution in [2.75, 3.05) is 26.0 Å². The van der Waals surface area contributed by atoms with Gasteiger partial charge in [-0.2, -0.15) is 11.8 Å². The number of aliphatic hydroxyl groups is 1. The number of rotatable bonds is 8. The van der Waals surface area contributed by atoms with Crippen molar-refractivity contribution in [2.24, 2.45) is 0 Å². The molecule has 108 valence electrons. The minimum atomic E-state index is -3.47. The maximum Gasteiger partial charge on any atom is 0.240 e. The second-order valence-corrected chi connectivity index (χ2v) is 6.98. The summed E-state index contributed by atoms with van der Waals surface area (Å²) in [6.07, 6.45) is 1.94. The molecule has 1 atom stereocenters. The first-order valence-corrected chi connectivity index (χ1v) is 8.63. The summed E-state index contributed by atoms with van der Waals surface area (Å²) >= 11 is 1.60. The van der Waals surface area contributed by atoms with Crippen LogP contribution in [0, 0.1) is 0 Å². The molecule has 0 radical (unpaired) electrons. The Bertz CT molecular complexity index is 473. The summed E-state index contributed by atoms with van der Waals surface area (Å²) in [5.41, 5.74) is 0. The van der Waals surface area contributed by atoms with Gasteiger partial charge in [0, 0.05) is 11.8 Å². The Balaban J connectivity index is 2.68. The number of benzene rings is 1. The van der Waals surface area contributed by atoms with Crippen molar-refractivity contribution in [2.45, 2.75) is 17.1 Å². The molecular weight excluding hydrogens is 286 g/mol. The van der Waals surface area contributed by atoms with Crippen molar-refractivity contribution in [3.8, 4) is 5.75 Å². The molecule has 2 N–H and O–H groups in total. The molecule has 0 spiro atoms. The number of ether oxygens (including phenoxy) is 1. The molecule has 0 bridgehead atoms. The number of thioether (sulfide) groups is 1. The van der Waals surface area contributed by atoms with E-state index in [1.165, 1.54) is 12.1 Å². The molecule has 1 rings (SSSR count). The Hall–Kier alpha value is -0.760. The molecule has 0 fully saturated rings. The SMILES string of the molecule is CSC(C)CNS(=O)(=O)c1ccc(OCCO)cc1. The average molecular weight is 305 g/mol. The van der Waals surface area contributed by atoms with Crippen LogP contribution in [-0.2, 0) is 10.0 Å². The van der Waals surface area contributed by atoms with Gasteiger partial charge in [0.25, 0.3) is 0 Å². The third-order valence-electron chi connectivity index (χ3n) is 2.46. The molecule has 0 aromatic heterocycles. The summed E-state index contributed by atoms with van der Waals surface area (Å²) in [4.78, 5) is 0.206.